The Hall–Kier alpha value is -1.93. The van der Waals surface area contributed by atoms with E-state index >= 15 is 0 Å². The van der Waals surface area contributed by atoms with Gasteiger partial charge in [0.25, 0.3) is 0 Å². The van der Waals surface area contributed by atoms with Crippen molar-refractivity contribution in [3.63, 3.8) is 0 Å². The first kappa shape index (κ1) is 20.3. The van der Waals surface area contributed by atoms with Crippen LogP contribution in [0.4, 0.5) is 0 Å². The lowest BCUT2D eigenvalue weighted by Gasteiger charge is -2.55. The van der Waals surface area contributed by atoms with E-state index in [1.807, 2.05) is 18.2 Å². The molecule has 0 amide bonds. The van der Waals surface area contributed by atoms with Gasteiger partial charge in [-0.25, -0.2) is 13.6 Å². The molecule has 1 unspecified atom stereocenters. The second-order valence-corrected chi connectivity index (χ2v) is 10.2. The lowest BCUT2D eigenvalue weighted by atomic mass is 9.61. The van der Waals surface area contributed by atoms with Gasteiger partial charge in [0, 0.05) is 17.5 Å². The van der Waals surface area contributed by atoms with Gasteiger partial charge in [-0.3, -0.25) is 0 Å². The molecule has 2 aliphatic rings. The number of nitrogens with one attached hydrogen (secondary N) is 1. The van der Waals surface area contributed by atoms with Crippen molar-refractivity contribution in [1.82, 2.24) is 10.2 Å². The van der Waals surface area contributed by atoms with Crippen LogP contribution in [-0.2, 0) is 28.3 Å². The summed E-state index contributed by atoms with van der Waals surface area (Å²) >= 11 is 0. The summed E-state index contributed by atoms with van der Waals surface area (Å²) in [4.78, 5) is 2.58. The van der Waals surface area contributed by atoms with Gasteiger partial charge in [-0.2, -0.15) is 0 Å². The number of phenols is 1. The number of hydrogen-bond donors (Lipinski definition) is 3. The maximum absolute atomic E-state index is 11.4. The van der Waals surface area contributed by atoms with Crippen molar-refractivity contribution >= 4 is 10.0 Å². The average molecular weight is 416 g/mol. The topological polar surface area (TPSA) is 95.7 Å². The first-order chi connectivity index (χ1) is 13.7. The summed E-state index contributed by atoms with van der Waals surface area (Å²) in [5.41, 5.74) is 3.64. The van der Waals surface area contributed by atoms with Crippen molar-refractivity contribution in [3.05, 3.63) is 59.2 Å². The van der Waals surface area contributed by atoms with Crippen LogP contribution < -0.4 is 10.5 Å². The van der Waals surface area contributed by atoms with E-state index in [2.05, 4.69) is 30.3 Å². The first-order valence-corrected chi connectivity index (χ1v) is 11.6. The Morgan fingerprint density at radius 3 is 2.66 bits per heavy atom. The summed E-state index contributed by atoms with van der Waals surface area (Å²) in [6.07, 6.45) is 2.82. The zero-order chi connectivity index (χ0) is 20.8. The number of likely N-dealkylation sites (tertiary alicyclic amines) is 1. The molecule has 1 aliphatic carbocycles. The van der Waals surface area contributed by atoms with Crippen LogP contribution in [0.5, 0.6) is 5.75 Å². The molecule has 0 saturated carbocycles. The third-order valence-corrected chi connectivity index (χ3v) is 7.72. The summed E-state index contributed by atoms with van der Waals surface area (Å²) in [6.45, 7) is 4.15. The van der Waals surface area contributed by atoms with Crippen LogP contribution in [0, 0.1) is 0 Å². The Kier molecular flexibility index (Phi) is 5.19. The molecule has 4 rings (SSSR count). The molecule has 0 aromatic heterocycles. The zero-order valence-corrected chi connectivity index (χ0v) is 17.7. The van der Waals surface area contributed by atoms with Gasteiger partial charge >= 0.3 is 0 Å². The third-order valence-electron chi connectivity index (χ3n) is 6.79. The van der Waals surface area contributed by atoms with Gasteiger partial charge in [0.15, 0.2) is 0 Å². The minimum Gasteiger partial charge on any atom is -0.508 e. The third kappa shape index (κ3) is 3.80. The molecule has 1 fully saturated rings. The minimum atomic E-state index is -3.66. The molecule has 3 atom stereocenters. The Labute approximate surface area is 172 Å². The summed E-state index contributed by atoms with van der Waals surface area (Å²) in [5, 5.41) is 19.0. The molecule has 7 heteroatoms. The smallest absolute Gasteiger partial charge is 0.238 e. The van der Waals surface area contributed by atoms with Gasteiger partial charge in [-0.1, -0.05) is 25.1 Å². The second-order valence-electron chi connectivity index (χ2n) is 8.63. The molecule has 1 saturated heterocycles. The van der Waals surface area contributed by atoms with E-state index in [1.54, 1.807) is 18.2 Å². The van der Waals surface area contributed by atoms with E-state index in [9.17, 15) is 13.5 Å². The van der Waals surface area contributed by atoms with Crippen molar-refractivity contribution in [1.29, 1.82) is 0 Å². The fourth-order valence-corrected chi connectivity index (χ4v) is 5.58. The first-order valence-electron chi connectivity index (χ1n) is 10.1. The fourth-order valence-electron chi connectivity index (χ4n) is 5.06. The van der Waals surface area contributed by atoms with Crippen LogP contribution in [-0.4, -0.2) is 50.6 Å². The van der Waals surface area contributed by atoms with E-state index in [0.717, 1.165) is 37.9 Å². The number of aromatic hydroxyl groups is 1. The lowest BCUT2D eigenvalue weighted by Crippen LogP contribution is -2.66. The number of phenolic OH excluding ortho intramolecular Hbond substituents is 1. The molecule has 156 valence electrons. The highest BCUT2D eigenvalue weighted by Crippen LogP contribution is 2.45. The highest BCUT2D eigenvalue weighted by Gasteiger charge is 2.49. The Bertz CT molecular complexity index is 1010. The molecule has 4 N–H and O–H groups in total. The standard InChI is InChI=1S/C22H29N3O3S/c1-22-10-12-25(2)20(13-16-5-6-17(26)14-19(16)22)21(22)24-11-9-15-3-7-18(8-4-15)29(23,27)28/h3-8,14,20-21,24,26H,9-13H2,1-2H3,(H2,23,27,28)/t20-,21+,22?/m0/s1. The molecule has 1 aliphatic heterocycles. The number of primary sulfonamides is 1. The summed E-state index contributed by atoms with van der Waals surface area (Å²) in [6, 6.07) is 13.3. The summed E-state index contributed by atoms with van der Waals surface area (Å²) in [5.74, 6) is 0.330. The predicted molar refractivity (Wildman–Crippen MR) is 114 cm³/mol. The van der Waals surface area contributed by atoms with Crippen molar-refractivity contribution < 1.29 is 13.5 Å². The number of rotatable bonds is 5. The molecule has 2 aromatic rings. The SMILES string of the molecule is CN1CCC2(C)c3cc(O)ccc3C[C@H]1[C@H]2NCCc1ccc(S(N)(=O)=O)cc1. The highest BCUT2D eigenvalue weighted by molar-refractivity contribution is 7.89. The van der Waals surface area contributed by atoms with Gasteiger partial charge in [0.2, 0.25) is 10.0 Å². The van der Waals surface area contributed by atoms with Crippen LogP contribution in [0.25, 0.3) is 0 Å². The Morgan fingerprint density at radius 2 is 1.97 bits per heavy atom. The van der Waals surface area contributed by atoms with E-state index in [4.69, 9.17) is 5.14 Å². The van der Waals surface area contributed by atoms with Crippen LogP contribution in [0.1, 0.15) is 30.0 Å². The predicted octanol–water partition coefficient (Wildman–Crippen LogP) is 1.76. The number of hydrogen-bond acceptors (Lipinski definition) is 5. The molecule has 2 bridgehead atoms. The van der Waals surface area contributed by atoms with Gasteiger partial charge in [-0.15, -0.1) is 0 Å². The Balaban J connectivity index is 1.51. The maximum Gasteiger partial charge on any atom is 0.238 e. The van der Waals surface area contributed by atoms with Gasteiger partial charge in [0.1, 0.15) is 5.75 Å². The number of fused-ring (bicyclic) bond motifs is 4. The van der Waals surface area contributed by atoms with Crippen molar-refractivity contribution in [2.45, 2.75) is 48.6 Å². The number of piperidine rings is 1. The molecule has 0 radical (unpaired) electrons. The number of benzene rings is 2. The summed E-state index contributed by atoms with van der Waals surface area (Å²) < 4.78 is 22.8. The second kappa shape index (κ2) is 7.40. The van der Waals surface area contributed by atoms with E-state index < -0.39 is 10.0 Å². The molecule has 0 spiro atoms. The van der Waals surface area contributed by atoms with Gasteiger partial charge in [0.05, 0.1) is 4.90 Å². The highest BCUT2D eigenvalue weighted by atomic mass is 32.2. The lowest BCUT2D eigenvalue weighted by molar-refractivity contribution is 0.0663. The quantitative estimate of drug-likeness (QED) is 0.692. The van der Waals surface area contributed by atoms with Crippen LogP contribution >= 0.6 is 0 Å². The van der Waals surface area contributed by atoms with Crippen molar-refractivity contribution in [2.24, 2.45) is 5.14 Å². The van der Waals surface area contributed by atoms with E-state index in [0.29, 0.717) is 17.8 Å². The van der Waals surface area contributed by atoms with Gasteiger partial charge < -0.3 is 15.3 Å². The largest absolute Gasteiger partial charge is 0.508 e. The minimum absolute atomic E-state index is 0.0268. The normalized spacial score (nSPS) is 26.9. The van der Waals surface area contributed by atoms with Crippen molar-refractivity contribution in [2.75, 3.05) is 20.1 Å². The van der Waals surface area contributed by atoms with Gasteiger partial charge in [-0.05, 0) is 80.4 Å². The van der Waals surface area contributed by atoms with Crippen LogP contribution in [0.15, 0.2) is 47.4 Å². The van der Waals surface area contributed by atoms with E-state index in [-0.39, 0.29) is 10.3 Å². The molecular weight excluding hydrogens is 386 g/mol. The number of nitrogens with two attached hydrogens (primary N) is 1. The average Bonchev–Trinajstić information content (AvgIpc) is 2.67. The van der Waals surface area contributed by atoms with Crippen molar-refractivity contribution in [3.8, 4) is 5.75 Å². The Morgan fingerprint density at radius 1 is 1.24 bits per heavy atom. The fraction of sp³-hybridized carbons (Fsp3) is 0.455. The number of nitrogens with zero attached hydrogens (tertiary/aromatic N) is 1. The maximum atomic E-state index is 11.4. The summed E-state index contributed by atoms with van der Waals surface area (Å²) in [7, 11) is -1.46. The zero-order valence-electron chi connectivity index (χ0n) is 16.9. The molecule has 29 heavy (non-hydrogen) atoms. The number of likely N-dealkylation sites (N-methyl/N-ethyl adjacent to an activating group) is 1. The van der Waals surface area contributed by atoms with E-state index in [1.165, 1.54) is 11.1 Å². The molecular formula is C22H29N3O3S. The molecule has 1 heterocycles. The molecule has 6 nitrogen and oxygen atoms in total. The number of sulfonamides is 1. The van der Waals surface area contributed by atoms with Crippen LogP contribution in [0.2, 0.25) is 0 Å². The molecule has 2 aromatic carbocycles. The monoisotopic (exact) mass is 415 g/mol. The van der Waals surface area contributed by atoms with Crippen LogP contribution in [0.3, 0.4) is 0 Å².